The van der Waals surface area contributed by atoms with E-state index in [1.807, 2.05) is 19.1 Å². The van der Waals surface area contributed by atoms with Crippen LogP contribution in [-0.4, -0.2) is 21.1 Å². The van der Waals surface area contributed by atoms with Gasteiger partial charge in [-0.3, -0.25) is 10.0 Å². The zero-order valence-electron chi connectivity index (χ0n) is 12.8. The second-order valence-electron chi connectivity index (χ2n) is 5.91. The van der Waals surface area contributed by atoms with Gasteiger partial charge in [0.25, 0.3) is 5.91 Å². The van der Waals surface area contributed by atoms with E-state index in [2.05, 4.69) is 28.7 Å². The quantitative estimate of drug-likeness (QED) is 0.656. The number of nitrogens with one attached hydrogen (secondary N) is 1. The Labute approximate surface area is 128 Å². The van der Waals surface area contributed by atoms with E-state index in [4.69, 9.17) is 5.21 Å². The molecule has 0 unspecified atom stereocenters. The number of nitrogens with zero attached hydrogens (tertiary/aromatic N) is 3. The van der Waals surface area contributed by atoms with Crippen molar-refractivity contribution in [2.24, 2.45) is 0 Å². The van der Waals surface area contributed by atoms with Gasteiger partial charge in [0, 0.05) is 12.1 Å². The van der Waals surface area contributed by atoms with Crippen LogP contribution in [0.2, 0.25) is 0 Å². The van der Waals surface area contributed by atoms with E-state index >= 15 is 0 Å². The second kappa shape index (κ2) is 5.06. The number of benzene rings is 1. The molecule has 0 radical (unpaired) electrons. The lowest BCUT2D eigenvalue weighted by atomic mass is 9.91. The molecule has 0 saturated carbocycles. The number of aromatic nitrogens is 2. The molecule has 1 aliphatic heterocycles. The molecule has 1 amide bonds. The normalized spacial score (nSPS) is 15.5. The highest BCUT2D eigenvalue weighted by molar-refractivity contribution is 5.95. The fourth-order valence-corrected chi connectivity index (χ4v) is 3.04. The SMILES string of the molecule is Cc1ncc(N2Cc3c(C(=O)NO)cccc3C2(C)C)cn1. The van der Waals surface area contributed by atoms with Crippen LogP contribution < -0.4 is 10.4 Å². The summed E-state index contributed by atoms with van der Waals surface area (Å²) < 4.78 is 0. The van der Waals surface area contributed by atoms with Crippen LogP contribution in [0.1, 0.15) is 41.2 Å². The van der Waals surface area contributed by atoms with Crippen molar-refractivity contribution in [3.05, 3.63) is 53.1 Å². The van der Waals surface area contributed by atoms with Crippen LogP contribution in [0.4, 0.5) is 5.69 Å². The van der Waals surface area contributed by atoms with Gasteiger partial charge in [-0.2, -0.15) is 0 Å². The number of carbonyl (C=O) groups excluding carboxylic acids is 1. The maximum atomic E-state index is 11.9. The Bertz CT molecular complexity index is 725. The lowest BCUT2D eigenvalue weighted by Gasteiger charge is -2.34. The first-order valence-corrected chi connectivity index (χ1v) is 7.08. The molecule has 6 heteroatoms. The molecule has 0 aliphatic carbocycles. The average molecular weight is 298 g/mol. The fraction of sp³-hybridized carbons (Fsp3) is 0.312. The van der Waals surface area contributed by atoms with Crippen LogP contribution in [-0.2, 0) is 12.1 Å². The van der Waals surface area contributed by atoms with Crippen molar-refractivity contribution < 1.29 is 10.0 Å². The van der Waals surface area contributed by atoms with Crippen LogP contribution in [0.15, 0.2) is 30.6 Å². The molecular weight excluding hydrogens is 280 g/mol. The summed E-state index contributed by atoms with van der Waals surface area (Å²) >= 11 is 0. The Morgan fingerprint density at radius 2 is 2.00 bits per heavy atom. The van der Waals surface area contributed by atoms with Gasteiger partial charge in [0.05, 0.1) is 23.6 Å². The molecule has 0 atom stereocenters. The standard InChI is InChI=1S/C16H18N4O2/c1-10-17-7-11(8-18-10)20-9-13-12(15(21)19-22)5-4-6-14(13)16(20,2)3/h4-8,22H,9H2,1-3H3,(H,19,21). The van der Waals surface area contributed by atoms with Gasteiger partial charge in [-0.15, -0.1) is 0 Å². The van der Waals surface area contributed by atoms with Crippen LogP contribution in [0.3, 0.4) is 0 Å². The molecule has 1 aliphatic rings. The molecule has 114 valence electrons. The molecule has 3 rings (SSSR count). The number of anilines is 1. The summed E-state index contributed by atoms with van der Waals surface area (Å²) in [6, 6.07) is 5.56. The van der Waals surface area contributed by atoms with Crippen molar-refractivity contribution in [1.82, 2.24) is 15.4 Å². The third-order valence-corrected chi connectivity index (χ3v) is 4.25. The van der Waals surface area contributed by atoms with Gasteiger partial charge < -0.3 is 4.90 Å². The zero-order chi connectivity index (χ0) is 15.9. The molecule has 0 fully saturated rings. The molecule has 0 spiro atoms. The molecule has 0 bridgehead atoms. The van der Waals surface area contributed by atoms with Crippen molar-refractivity contribution in [1.29, 1.82) is 0 Å². The lowest BCUT2D eigenvalue weighted by molar-refractivity contribution is 0.0705. The third kappa shape index (κ3) is 2.12. The second-order valence-corrected chi connectivity index (χ2v) is 5.91. The molecule has 2 aromatic rings. The van der Waals surface area contributed by atoms with E-state index in [9.17, 15) is 4.79 Å². The summed E-state index contributed by atoms with van der Waals surface area (Å²) in [5.74, 6) is 0.230. The van der Waals surface area contributed by atoms with Crippen LogP contribution in [0.5, 0.6) is 0 Å². The summed E-state index contributed by atoms with van der Waals surface area (Å²) in [6.45, 7) is 6.61. The summed E-state index contributed by atoms with van der Waals surface area (Å²) in [5.41, 5.74) is 4.80. The van der Waals surface area contributed by atoms with Gasteiger partial charge >= 0.3 is 0 Å². The number of amides is 1. The van der Waals surface area contributed by atoms with Gasteiger partial charge in [0.1, 0.15) is 5.82 Å². The van der Waals surface area contributed by atoms with Crippen LogP contribution >= 0.6 is 0 Å². The predicted octanol–water partition coefficient (Wildman–Crippen LogP) is 2.16. The first-order valence-electron chi connectivity index (χ1n) is 7.08. The van der Waals surface area contributed by atoms with Crippen LogP contribution in [0.25, 0.3) is 0 Å². The Morgan fingerprint density at radius 3 is 2.64 bits per heavy atom. The Morgan fingerprint density at radius 1 is 1.32 bits per heavy atom. The summed E-state index contributed by atoms with van der Waals surface area (Å²) in [4.78, 5) is 22.5. The third-order valence-electron chi connectivity index (χ3n) is 4.25. The first-order chi connectivity index (χ1) is 10.4. The lowest BCUT2D eigenvalue weighted by Crippen LogP contribution is -2.35. The van der Waals surface area contributed by atoms with E-state index in [0.29, 0.717) is 12.1 Å². The van der Waals surface area contributed by atoms with Gasteiger partial charge in [0.2, 0.25) is 0 Å². The van der Waals surface area contributed by atoms with E-state index < -0.39 is 5.91 Å². The van der Waals surface area contributed by atoms with Crippen molar-refractivity contribution in [3.63, 3.8) is 0 Å². The highest BCUT2D eigenvalue weighted by atomic mass is 16.5. The molecule has 2 heterocycles. The van der Waals surface area contributed by atoms with E-state index in [1.165, 1.54) is 0 Å². The minimum atomic E-state index is -0.491. The number of fused-ring (bicyclic) bond motifs is 1. The molecule has 1 aromatic heterocycles. The number of carbonyl (C=O) groups is 1. The molecule has 0 saturated heterocycles. The maximum absolute atomic E-state index is 11.9. The molecule has 6 nitrogen and oxygen atoms in total. The molecule has 1 aromatic carbocycles. The Hall–Kier alpha value is -2.47. The molecular formula is C16H18N4O2. The minimum absolute atomic E-state index is 0.292. The van der Waals surface area contributed by atoms with Crippen molar-refractivity contribution in [2.75, 3.05) is 4.90 Å². The fourth-order valence-electron chi connectivity index (χ4n) is 3.04. The monoisotopic (exact) mass is 298 g/mol. The van der Waals surface area contributed by atoms with Gasteiger partial charge in [-0.05, 0) is 38.0 Å². The highest BCUT2D eigenvalue weighted by Crippen LogP contribution is 2.42. The number of hydrogen-bond acceptors (Lipinski definition) is 5. The number of rotatable bonds is 2. The average Bonchev–Trinajstić information content (AvgIpc) is 2.79. The number of aryl methyl sites for hydroxylation is 1. The predicted molar refractivity (Wildman–Crippen MR) is 81.7 cm³/mol. The van der Waals surface area contributed by atoms with Crippen LogP contribution in [0, 0.1) is 6.92 Å². The highest BCUT2D eigenvalue weighted by Gasteiger charge is 2.39. The maximum Gasteiger partial charge on any atom is 0.274 e. The molecule has 2 N–H and O–H groups in total. The Balaban J connectivity index is 2.08. The van der Waals surface area contributed by atoms with Crippen molar-refractivity contribution in [2.45, 2.75) is 32.9 Å². The molecule has 22 heavy (non-hydrogen) atoms. The summed E-state index contributed by atoms with van der Waals surface area (Å²) in [7, 11) is 0. The van der Waals surface area contributed by atoms with Gasteiger partial charge in [-0.25, -0.2) is 15.4 Å². The number of hydrogen-bond donors (Lipinski definition) is 2. The zero-order valence-corrected chi connectivity index (χ0v) is 12.8. The number of hydroxylamine groups is 1. The summed E-state index contributed by atoms with van der Waals surface area (Å²) in [6.07, 6.45) is 3.59. The van der Waals surface area contributed by atoms with Crippen molar-refractivity contribution >= 4 is 11.6 Å². The summed E-state index contributed by atoms with van der Waals surface area (Å²) in [5, 5.41) is 8.93. The van der Waals surface area contributed by atoms with Gasteiger partial charge in [0.15, 0.2) is 0 Å². The Kier molecular flexibility index (Phi) is 3.33. The van der Waals surface area contributed by atoms with E-state index in [-0.39, 0.29) is 5.54 Å². The minimum Gasteiger partial charge on any atom is -0.355 e. The first kappa shape index (κ1) is 14.5. The van der Waals surface area contributed by atoms with Crippen molar-refractivity contribution in [3.8, 4) is 0 Å². The van der Waals surface area contributed by atoms with E-state index in [0.717, 1.165) is 22.6 Å². The van der Waals surface area contributed by atoms with Gasteiger partial charge in [-0.1, -0.05) is 12.1 Å². The largest absolute Gasteiger partial charge is 0.355 e. The van der Waals surface area contributed by atoms with E-state index in [1.54, 1.807) is 23.9 Å². The smallest absolute Gasteiger partial charge is 0.274 e. The topological polar surface area (TPSA) is 78.4 Å².